The van der Waals surface area contributed by atoms with Gasteiger partial charge in [0.05, 0.1) is 49.0 Å². The molecule has 0 bridgehead atoms. The number of nitriles is 1. The Hall–Kier alpha value is -7.82. The third-order valence-corrected chi connectivity index (χ3v) is 13.1. The fraction of sp³-hybridized carbons (Fsp3) is 0.275. The van der Waals surface area contributed by atoms with Crippen LogP contribution in [0.3, 0.4) is 0 Å². The molecule has 5 aromatic carbocycles. The zero-order valence-corrected chi connectivity index (χ0v) is 39.3. The highest BCUT2D eigenvalue weighted by Crippen LogP contribution is 2.34. The number of nitrogens with zero attached hydrogens (tertiary/aromatic N) is 4. The van der Waals surface area contributed by atoms with E-state index in [1.807, 2.05) is 30.3 Å². The Labute approximate surface area is 410 Å². The first-order chi connectivity index (χ1) is 33.7. The van der Waals surface area contributed by atoms with Crippen LogP contribution < -0.4 is 0 Å². The number of imide groups is 2. The first-order valence-electron chi connectivity index (χ1n) is 22.0. The number of hydrogen-bond donors (Lipinski definition) is 0. The summed E-state index contributed by atoms with van der Waals surface area (Å²) in [5.41, 5.74) is 1.90. The van der Waals surface area contributed by atoms with Crippen molar-refractivity contribution < 1.29 is 62.1 Å². The van der Waals surface area contributed by atoms with Crippen molar-refractivity contribution in [1.29, 1.82) is 5.26 Å². The molecule has 17 nitrogen and oxygen atoms in total. The summed E-state index contributed by atoms with van der Waals surface area (Å²) >= 11 is 6.71. The maximum Gasteiger partial charge on any atom is 0.308 e. The largest absolute Gasteiger partial charge is 0.464 e. The molecule has 358 valence electrons. The van der Waals surface area contributed by atoms with Gasteiger partial charge in [-0.25, -0.2) is 9.80 Å². The molecule has 70 heavy (non-hydrogen) atoms. The number of hydrogen-bond acceptors (Lipinski definition) is 16. The van der Waals surface area contributed by atoms with Crippen LogP contribution in [0.25, 0.3) is 21.5 Å². The number of carbonyl (C=O) groups is 9. The highest BCUT2D eigenvalue weighted by Gasteiger charge is 2.35. The van der Waals surface area contributed by atoms with E-state index in [0.29, 0.717) is 25.7 Å². The number of ether oxygens (including phenoxy) is 4. The Kier molecular flexibility index (Phi) is 16.1. The smallest absolute Gasteiger partial charge is 0.308 e. The molecule has 0 aliphatic carbocycles. The van der Waals surface area contributed by atoms with E-state index in [-0.39, 0.29) is 61.4 Å². The molecule has 19 heteroatoms. The van der Waals surface area contributed by atoms with E-state index in [2.05, 4.69) is 6.07 Å². The predicted molar refractivity (Wildman–Crippen MR) is 257 cm³/mol. The lowest BCUT2D eigenvalue weighted by atomic mass is 9.94. The highest BCUT2D eigenvalue weighted by molar-refractivity contribution is 8.24. The van der Waals surface area contributed by atoms with Gasteiger partial charge in [0.15, 0.2) is 13.5 Å². The molecular formula is C51H44N4O13S2. The van der Waals surface area contributed by atoms with Crippen LogP contribution in [-0.2, 0) is 42.9 Å². The number of benzene rings is 5. The average molecular weight is 985 g/mol. The van der Waals surface area contributed by atoms with E-state index in [1.54, 1.807) is 79.7 Å². The van der Waals surface area contributed by atoms with Gasteiger partial charge >= 0.3 is 23.9 Å². The van der Waals surface area contributed by atoms with Crippen LogP contribution in [0, 0.1) is 11.3 Å². The molecule has 7 rings (SSSR count). The second-order valence-corrected chi connectivity index (χ2v) is 18.4. The minimum Gasteiger partial charge on any atom is -0.464 e. The average Bonchev–Trinajstić information content (AvgIpc) is 3.37. The molecule has 1 atom stereocenters. The maximum absolute atomic E-state index is 13.6. The van der Waals surface area contributed by atoms with Crippen LogP contribution in [0.4, 0.5) is 0 Å². The van der Waals surface area contributed by atoms with E-state index in [4.69, 9.17) is 31.2 Å². The Bertz CT molecular complexity index is 2740. The van der Waals surface area contributed by atoms with Gasteiger partial charge < -0.3 is 23.8 Å². The zero-order chi connectivity index (χ0) is 50.0. The van der Waals surface area contributed by atoms with Gasteiger partial charge in [-0.3, -0.25) is 43.2 Å². The number of rotatable bonds is 21. The summed E-state index contributed by atoms with van der Waals surface area (Å²) in [5.74, 6) is -6.35. The Balaban J connectivity index is 0.872. The topological polar surface area (TPSA) is 224 Å². The second-order valence-electron chi connectivity index (χ2n) is 16.2. The van der Waals surface area contributed by atoms with E-state index < -0.39 is 97.3 Å². The fourth-order valence-electron chi connectivity index (χ4n) is 7.74. The van der Waals surface area contributed by atoms with Gasteiger partial charge in [-0.2, -0.15) is 5.26 Å². The maximum atomic E-state index is 13.6. The molecule has 0 aromatic heterocycles. The molecule has 0 radical (unpaired) electrons. The molecule has 0 spiro atoms. The molecule has 0 saturated heterocycles. The van der Waals surface area contributed by atoms with Gasteiger partial charge in [0.25, 0.3) is 23.6 Å². The normalized spacial score (nSPS) is 13.6. The quantitative estimate of drug-likeness (QED) is 0.0330. The molecule has 2 aliphatic heterocycles. The summed E-state index contributed by atoms with van der Waals surface area (Å²) in [6.45, 7) is -0.665. The molecule has 2 heterocycles. The summed E-state index contributed by atoms with van der Waals surface area (Å²) < 4.78 is 20.4. The minimum absolute atomic E-state index is 0.0773. The minimum atomic E-state index is -1.10. The van der Waals surface area contributed by atoms with Crippen LogP contribution >= 0.6 is 24.0 Å². The second kappa shape index (κ2) is 22.5. The monoisotopic (exact) mass is 984 g/mol. The SMILES string of the molecule is CC(C#N)(CCC(=O)N(CCOC(=O)CCC(=O)OCN1C(=O)c2cccc3cccc(c23)C1=O)CCOC(=O)CCC(=O)OCN1C(=O)c2cccc3cccc(c23)C1=O)SC(=S)c1ccccc1. The fourth-order valence-corrected chi connectivity index (χ4v) is 9.34. The van der Waals surface area contributed by atoms with Crippen LogP contribution in [-0.4, -0.2) is 117 Å². The lowest BCUT2D eigenvalue weighted by Crippen LogP contribution is -2.42. The highest BCUT2D eigenvalue weighted by atomic mass is 32.2. The molecule has 0 N–H and O–H groups in total. The Morgan fingerprint density at radius 2 is 0.957 bits per heavy atom. The zero-order valence-electron chi connectivity index (χ0n) is 37.7. The van der Waals surface area contributed by atoms with Gasteiger partial charge in [-0.15, -0.1) is 0 Å². The molecular weight excluding hydrogens is 941 g/mol. The van der Waals surface area contributed by atoms with Crippen LogP contribution in [0.2, 0.25) is 0 Å². The third-order valence-electron chi connectivity index (χ3n) is 11.5. The Morgan fingerprint density at radius 1 is 0.571 bits per heavy atom. The van der Waals surface area contributed by atoms with Crippen molar-refractivity contribution >= 4 is 103 Å². The molecule has 0 fully saturated rings. The molecule has 2 aliphatic rings. The third kappa shape index (κ3) is 11.7. The van der Waals surface area contributed by atoms with Gasteiger partial charge in [0.2, 0.25) is 5.91 Å². The van der Waals surface area contributed by atoms with Gasteiger partial charge in [-0.1, -0.05) is 103 Å². The van der Waals surface area contributed by atoms with Crippen molar-refractivity contribution in [2.24, 2.45) is 0 Å². The van der Waals surface area contributed by atoms with Crippen molar-refractivity contribution in [3.05, 3.63) is 131 Å². The Morgan fingerprint density at radius 3 is 1.34 bits per heavy atom. The van der Waals surface area contributed by atoms with Crippen molar-refractivity contribution in [2.75, 3.05) is 39.8 Å². The molecule has 5 aromatic rings. The predicted octanol–water partition coefficient (Wildman–Crippen LogP) is 6.53. The van der Waals surface area contributed by atoms with Crippen LogP contribution in [0.15, 0.2) is 103 Å². The van der Waals surface area contributed by atoms with E-state index in [0.717, 1.165) is 27.1 Å². The number of amides is 5. The lowest BCUT2D eigenvalue weighted by Gasteiger charge is -2.26. The van der Waals surface area contributed by atoms with Gasteiger partial charge in [0.1, 0.15) is 18.0 Å². The van der Waals surface area contributed by atoms with Crippen molar-refractivity contribution in [1.82, 2.24) is 14.7 Å². The first-order valence-corrected chi connectivity index (χ1v) is 23.3. The van der Waals surface area contributed by atoms with Gasteiger partial charge in [-0.05, 0) is 53.9 Å². The summed E-state index contributed by atoms with van der Waals surface area (Å²) in [4.78, 5) is 120. The summed E-state index contributed by atoms with van der Waals surface area (Å²) in [6, 6.07) is 31.5. The molecule has 5 amide bonds. The van der Waals surface area contributed by atoms with E-state index in [9.17, 15) is 48.4 Å². The number of thiocarbonyl (C=S) groups is 1. The summed E-state index contributed by atoms with van der Waals surface area (Å²) in [6.07, 6.45) is -1.80. The van der Waals surface area contributed by atoms with E-state index >= 15 is 0 Å². The van der Waals surface area contributed by atoms with Crippen LogP contribution in [0.5, 0.6) is 0 Å². The molecule has 1 unspecified atom stereocenters. The number of thioether (sulfide) groups is 1. The van der Waals surface area contributed by atoms with Crippen molar-refractivity contribution in [3.63, 3.8) is 0 Å². The summed E-state index contributed by atoms with van der Waals surface area (Å²) in [5, 5.41) is 12.5. The van der Waals surface area contributed by atoms with E-state index in [1.165, 1.54) is 4.90 Å². The number of esters is 4. The van der Waals surface area contributed by atoms with Crippen LogP contribution in [0.1, 0.15) is 92.4 Å². The number of carbonyl (C=O) groups excluding carboxylic acids is 9. The van der Waals surface area contributed by atoms with Crippen molar-refractivity contribution in [3.8, 4) is 6.07 Å². The first kappa shape index (κ1) is 50.1. The summed E-state index contributed by atoms with van der Waals surface area (Å²) in [7, 11) is 0. The standard InChI is InChI=1S/C51H44N4O13S2/c1-51(29-52,70-50(69)34-9-3-2-4-10-34)24-23-39(56)53(25-27-65-40(57)19-21-42(59)67-30-54-46(61)35-15-5-11-32-12-6-16-36(44(32)35)47(54)62)26-28-66-41(58)20-22-43(60)68-31-55-48(63)37-17-7-13-33-14-8-18-38(45(33)37)49(55)64/h2-18H,19-28,30-31H2,1H3. The lowest BCUT2D eigenvalue weighted by molar-refractivity contribution is -0.153. The van der Waals surface area contributed by atoms with Crippen molar-refractivity contribution in [2.45, 2.75) is 50.2 Å². The van der Waals surface area contributed by atoms with Gasteiger partial charge in [0, 0.05) is 39.4 Å². The molecule has 0 saturated carbocycles.